The monoisotopic (exact) mass is 646 g/mol. The third kappa shape index (κ3) is 6.92. The molecule has 12 nitrogen and oxygen atoms in total. The van der Waals surface area contributed by atoms with Gasteiger partial charge in [0.25, 0.3) is 0 Å². The number of hydrogen-bond donors (Lipinski definition) is 3. The normalized spacial score (nSPS) is 14.3. The Morgan fingerprint density at radius 1 is 0.375 bits per heavy atom. The molecule has 4 aromatic carbocycles. The van der Waals surface area contributed by atoms with Crippen molar-refractivity contribution in [1.29, 1.82) is 0 Å². The van der Waals surface area contributed by atoms with Crippen molar-refractivity contribution in [3.63, 3.8) is 0 Å². The van der Waals surface area contributed by atoms with Crippen LogP contribution in [0.1, 0.15) is 0 Å². The number of ketones is 4. The van der Waals surface area contributed by atoms with E-state index in [0.29, 0.717) is 0 Å². The average molecular weight is 647 g/mol. The summed E-state index contributed by atoms with van der Waals surface area (Å²) >= 11 is 0. The Kier molecular flexibility index (Phi) is 8.45. The number of para-hydroxylation sites is 3. The van der Waals surface area contributed by atoms with Crippen LogP contribution in [-0.2, 0) is 19.2 Å². The highest BCUT2D eigenvalue weighted by Gasteiger charge is 2.26. The molecule has 0 unspecified atom stereocenters. The molecule has 0 aliphatic heterocycles. The van der Waals surface area contributed by atoms with Gasteiger partial charge in [-0.2, -0.15) is 0 Å². The predicted molar refractivity (Wildman–Crippen MR) is 166 cm³/mol. The number of aromatic hydroxyl groups is 3. The van der Waals surface area contributed by atoms with Crippen LogP contribution in [0.3, 0.4) is 0 Å². The lowest BCUT2D eigenvalue weighted by Crippen LogP contribution is -2.19. The first-order valence-electron chi connectivity index (χ1n) is 14.1. The highest BCUT2D eigenvalue weighted by atomic mass is 16.5. The molecular formula is C36H22O12. The summed E-state index contributed by atoms with van der Waals surface area (Å²) in [4.78, 5) is 50.4. The number of phenols is 3. The first kappa shape index (κ1) is 30.9. The fourth-order valence-electron chi connectivity index (χ4n) is 4.28. The number of rotatable bonds is 10. The molecule has 0 spiro atoms. The van der Waals surface area contributed by atoms with E-state index in [0.717, 1.165) is 24.3 Å². The van der Waals surface area contributed by atoms with Gasteiger partial charge in [0.15, 0.2) is 46.0 Å². The van der Waals surface area contributed by atoms with Crippen molar-refractivity contribution in [2.75, 3.05) is 0 Å². The molecule has 2 aliphatic carbocycles. The van der Waals surface area contributed by atoms with Gasteiger partial charge in [-0.25, -0.2) is 0 Å². The molecule has 6 rings (SSSR count). The second kappa shape index (κ2) is 13.1. The minimum absolute atomic E-state index is 0.0107. The van der Waals surface area contributed by atoms with Gasteiger partial charge < -0.3 is 39.0 Å². The van der Waals surface area contributed by atoms with E-state index in [-0.39, 0.29) is 69.0 Å². The van der Waals surface area contributed by atoms with E-state index < -0.39 is 28.9 Å². The molecule has 2 aliphatic rings. The standard InChI is InChI=1S/C36H22O12/c37-20-8-10-21(11-9-20)45-32-16-26(40)33(17-25(32)39)46-23-14-12-22(13-15-23)44-30-6-3-7-31(36(30)43)48-35-19-27(41)34(18-28(35)42)47-29-5-2-1-4-24(29)38/h1-19,37-38,43H. The topological polar surface area (TPSA) is 175 Å². The molecule has 0 saturated carbocycles. The fourth-order valence-corrected chi connectivity index (χ4v) is 4.28. The maximum atomic E-state index is 12.7. The molecule has 3 N–H and O–H groups in total. The molecule has 0 atom stereocenters. The minimum Gasteiger partial charge on any atom is -0.508 e. The molecule has 0 amide bonds. The van der Waals surface area contributed by atoms with Gasteiger partial charge in [-0.15, -0.1) is 0 Å². The van der Waals surface area contributed by atoms with E-state index in [9.17, 15) is 34.5 Å². The molecule has 0 aromatic heterocycles. The van der Waals surface area contributed by atoms with Crippen LogP contribution < -0.4 is 23.7 Å². The molecule has 48 heavy (non-hydrogen) atoms. The highest BCUT2D eigenvalue weighted by Crippen LogP contribution is 2.40. The zero-order valence-electron chi connectivity index (χ0n) is 24.5. The molecule has 0 saturated heterocycles. The van der Waals surface area contributed by atoms with E-state index in [1.807, 2.05) is 0 Å². The van der Waals surface area contributed by atoms with E-state index >= 15 is 0 Å². The van der Waals surface area contributed by atoms with Crippen LogP contribution in [0.2, 0.25) is 0 Å². The number of carbonyl (C=O) groups is 4. The van der Waals surface area contributed by atoms with Crippen molar-refractivity contribution < 1.29 is 58.2 Å². The summed E-state index contributed by atoms with van der Waals surface area (Å²) in [5.74, 6) is -3.93. The lowest BCUT2D eigenvalue weighted by molar-refractivity contribution is -0.117. The Hall–Kier alpha value is -7.08. The Morgan fingerprint density at radius 3 is 1.25 bits per heavy atom. The number of carbonyl (C=O) groups excluding carboxylic acids is 4. The maximum absolute atomic E-state index is 12.7. The molecule has 0 radical (unpaired) electrons. The van der Waals surface area contributed by atoms with E-state index in [2.05, 4.69) is 0 Å². The summed E-state index contributed by atoms with van der Waals surface area (Å²) in [5, 5.41) is 30.1. The van der Waals surface area contributed by atoms with Crippen LogP contribution in [0.5, 0.6) is 51.7 Å². The summed E-state index contributed by atoms with van der Waals surface area (Å²) < 4.78 is 27.7. The van der Waals surface area contributed by atoms with E-state index in [1.165, 1.54) is 78.9 Å². The largest absolute Gasteiger partial charge is 0.508 e. The summed E-state index contributed by atoms with van der Waals surface area (Å²) in [6.45, 7) is 0. The lowest BCUT2D eigenvalue weighted by atomic mass is 10.1. The second-order valence-electron chi connectivity index (χ2n) is 10.0. The Balaban J connectivity index is 1.08. The van der Waals surface area contributed by atoms with Crippen molar-refractivity contribution in [1.82, 2.24) is 0 Å². The third-order valence-electron chi connectivity index (χ3n) is 6.63. The Bertz CT molecular complexity index is 2080. The average Bonchev–Trinajstić information content (AvgIpc) is 3.06. The third-order valence-corrected chi connectivity index (χ3v) is 6.63. The first-order valence-corrected chi connectivity index (χ1v) is 14.1. The van der Waals surface area contributed by atoms with Gasteiger partial charge in [0.1, 0.15) is 23.0 Å². The van der Waals surface area contributed by atoms with Gasteiger partial charge in [0.2, 0.25) is 28.9 Å². The van der Waals surface area contributed by atoms with Gasteiger partial charge in [0, 0.05) is 24.3 Å². The summed E-state index contributed by atoms with van der Waals surface area (Å²) in [7, 11) is 0. The summed E-state index contributed by atoms with van der Waals surface area (Å²) in [6.07, 6.45) is 3.83. The number of benzene rings is 4. The molecule has 12 heteroatoms. The van der Waals surface area contributed by atoms with Crippen molar-refractivity contribution in [3.05, 3.63) is 138 Å². The maximum Gasteiger partial charge on any atom is 0.225 e. The van der Waals surface area contributed by atoms with Crippen molar-refractivity contribution in [3.8, 4) is 51.7 Å². The van der Waals surface area contributed by atoms with Crippen LogP contribution in [0.15, 0.2) is 138 Å². The Labute approximate surface area is 271 Å². The number of ether oxygens (including phenoxy) is 5. The summed E-state index contributed by atoms with van der Waals surface area (Å²) in [6, 6.07) is 21.8. The highest BCUT2D eigenvalue weighted by molar-refractivity contribution is 6.19. The van der Waals surface area contributed by atoms with Crippen molar-refractivity contribution >= 4 is 23.1 Å². The molecule has 0 heterocycles. The van der Waals surface area contributed by atoms with Crippen LogP contribution in [0.25, 0.3) is 0 Å². The first-order chi connectivity index (χ1) is 23.1. The number of phenolic OH excluding ortho intramolecular Hbond substituents is 3. The Morgan fingerprint density at radius 2 is 0.750 bits per heavy atom. The van der Waals surface area contributed by atoms with Crippen LogP contribution in [-0.4, -0.2) is 38.5 Å². The zero-order chi connectivity index (χ0) is 33.8. The predicted octanol–water partition coefficient (Wildman–Crippen LogP) is 5.35. The lowest BCUT2D eigenvalue weighted by Gasteiger charge is -2.16. The molecule has 0 fully saturated rings. The minimum atomic E-state index is -0.717. The van der Waals surface area contributed by atoms with E-state index in [1.54, 1.807) is 12.1 Å². The van der Waals surface area contributed by atoms with Crippen LogP contribution in [0.4, 0.5) is 0 Å². The molecule has 238 valence electrons. The quantitative estimate of drug-likeness (QED) is 0.189. The zero-order valence-corrected chi connectivity index (χ0v) is 24.5. The SMILES string of the molecule is O=C1C=C(Oc2ccc(Oc3cccc(OC4=CC(=O)C(Oc5ccccc5O)=CC4=O)c3O)cc2)C(=O)C=C1Oc1ccc(O)cc1. The van der Waals surface area contributed by atoms with Crippen LogP contribution >= 0.6 is 0 Å². The van der Waals surface area contributed by atoms with Gasteiger partial charge >= 0.3 is 0 Å². The van der Waals surface area contributed by atoms with Gasteiger partial charge in [-0.05, 0) is 72.8 Å². The van der Waals surface area contributed by atoms with Crippen molar-refractivity contribution in [2.24, 2.45) is 0 Å². The molecular weight excluding hydrogens is 624 g/mol. The van der Waals surface area contributed by atoms with Crippen molar-refractivity contribution in [2.45, 2.75) is 0 Å². The van der Waals surface area contributed by atoms with Gasteiger partial charge in [0.05, 0.1) is 0 Å². The summed E-state index contributed by atoms with van der Waals surface area (Å²) in [5.41, 5.74) is 0. The fraction of sp³-hybridized carbons (Fsp3) is 0. The molecule has 0 bridgehead atoms. The van der Waals surface area contributed by atoms with E-state index in [4.69, 9.17) is 23.7 Å². The van der Waals surface area contributed by atoms with Crippen LogP contribution in [0, 0.1) is 0 Å². The number of hydrogen-bond acceptors (Lipinski definition) is 12. The number of allylic oxidation sites excluding steroid dienone is 4. The molecule has 4 aromatic rings. The van der Waals surface area contributed by atoms with Gasteiger partial charge in [-0.3, -0.25) is 19.2 Å². The van der Waals surface area contributed by atoms with Gasteiger partial charge in [-0.1, -0.05) is 18.2 Å². The smallest absolute Gasteiger partial charge is 0.225 e. The second-order valence-corrected chi connectivity index (χ2v) is 10.0.